The highest BCUT2D eigenvalue weighted by Gasteiger charge is 2.21. The van der Waals surface area contributed by atoms with Crippen molar-refractivity contribution >= 4 is 15.8 Å². The molecule has 0 bridgehead atoms. The van der Waals surface area contributed by atoms with Gasteiger partial charge in [0.1, 0.15) is 29.0 Å². The van der Waals surface area contributed by atoms with Crippen LogP contribution >= 0.6 is 0 Å². The van der Waals surface area contributed by atoms with Crippen LogP contribution in [0.25, 0.3) is 11.1 Å². The summed E-state index contributed by atoms with van der Waals surface area (Å²) in [5.74, 6) is -2.33. The minimum absolute atomic E-state index is 0.0398. The molecule has 2 N–H and O–H groups in total. The summed E-state index contributed by atoms with van der Waals surface area (Å²) in [6.45, 7) is 2.04. The molecule has 0 saturated carbocycles. The lowest BCUT2D eigenvalue weighted by atomic mass is 10.0. The number of carbonyl (C=O) groups is 1. The number of halogens is 1. The largest absolute Gasteiger partial charge is 0.507 e. The predicted molar refractivity (Wildman–Crippen MR) is 124 cm³/mol. The lowest BCUT2D eigenvalue weighted by Crippen LogP contribution is -2.22. The van der Waals surface area contributed by atoms with Gasteiger partial charge < -0.3 is 19.7 Å². The van der Waals surface area contributed by atoms with E-state index in [4.69, 9.17) is 9.47 Å². The molecule has 0 amide bonds. The third kappa shape index (κ3) is 5.92. The molecule has 3 aromatic carbocycles. The molecule has 0 aromatic heterocycles. The number of phenolic OH excluding ortho intramolecular Hbond substituents is 2. The van der Waals surface area contributed by atoms with E-state index in [9.17, 15) is 27.8 Å². The normalized spacial score (nSPS) is 12.3. The van der Waals surface area contributed by atoms with Gasteiger partial charge in [-0.1, -0.05) is 25.1 Å². The standard InChI is InChI=1S/C25H25FO7S/c1-3-19(14-32-2)33-25(29)21-9-7-16(11-24(21)28)15-34(30,31)20-6-4-5-17(12-20)22-13-18(26)8-10-23(22)27/h4-13,19,27-28H,3,14-15H2,1-2H3. The zero-order chi connectivity index (χ0) is 24.9. The van der Waals surface area contributed by atoms with Crippen LogP contribution in [0.4, 0.5) is 4.39 Å². The van der Waals surface area contributed by atoms with Crippen LogP contribution in [0.1, 0.15) is 29.3 Å². The fraction of sp³-hybridized carbons (Fsp3) is 0.240. The number of rotatable bonds is 9. The number of benzene rings is 3. The summed E-state index contributed by atoms with van der Waals surface area (Å²) in [5.41, 5.74) is 0.674. The van der Waals surface area contributed by atoms with E-state index >= 15 is 0 Å². The fourth-order valence-corrected chi connectivity index (χ4v) is 4.75. The lowest BCUT2D eigenvalue weighted by molar-refractivity contribution is 0.00451. The minimum Gasteiger partial charge on any atom is -0.507 e. The van der Waals surface area contributed by atoms with Crippen molar-refractivity contribution in [2.75, 3.05) is 13.7 Å². The van der Waals surface area contributed by atoms with E-state index in [1.165, 1.54) is 49.6 Å². The second kappa shape index (κ2) is 10.7. The zero-order valence-corrected chi connectivity index (χ0v) is 19.5. The average Bonchev–Trinajstić information content (AvgIpc) is 2.80. The summed E-state index contributed by atoms with van der Waals surface area (Å²) in [4.78, 5) is 12.3. The Hall–Kier alpha value is -3.43. The molecule has 0 saturated heterocycles. The van der Waals surface area contributed by atoms with Crippen LogP contribution in [0.15, 0.2) is 65.6 Å². The number of ether oxygens (including phenoxy) is 2. The molecule has 0 fully saturated rings. The Bertz CT molecular complexity index is 1290. The third-order valence-electron chi connectivity index (χ3n) is 5.18. The van der Waals surface area contributed by atoms with Gasteiger partial charge in [-0.3, -0.25) is 0 Å². The number of carbonyl (C=O) groups excluding carboxylic acids is 1. The van der Waals surface area contributed by atoms with Gasteiger partial charge in [-0.2, -0.15) is 0 Å². The number of phenols is 2. The Morgan fingerprint density at radius 3 is 2.47 bits per heavy atom. The number of hydrogen-bond donors (Lipinski definition) is 2. The van der Waals surface area contributed by atoms with Crippen LogP contribution in [-0.4, -0.2) is 44.4 Å². The number of hydrogen-bond acceptors (Lipinski definition) is 7. The number of sulfone groups is 1. The maximum atomic E-state index is 13.6. The van der Waals surface area contributed by atoms with Crippen LogP contribution in [-0.2, 0) is 25.1 Å². The zero-order valence-electron chi connectivity index (χ0n) is 18.7. The Kier molecular flexibility index (Phi) is 7.90. The molecule has 0 heterocycles. The predicted octanol–water partition coefficient (Wildman–Crippen LogP) is 4.46. The highest BCUT2D eigenvalue weighted by Crippen LogP contribution is 2.32. The molecule has 0 aliphatic rings. The quantitative estimate of drug-likeness (QED) is 0.428. The van der Waals surface area contributed by atoms with Crippen molar-refractivity contribution in [3.05, 3.63) is 77.6 Å². The Labute approximate surface area is 197 Å². The van der Waals surface area contributed by atoms with Gasteiger partial charge in [0.25, 0.3) is 0 Å². The minimum atomic E-state index is -3.87. The highest BCUT2D eigenvalue weighted by molar-refractivity contribution is 7.90. The van der Waals surface area contributed by atoms with E-state index in [1.54, 1.807) is 6.07 Å². The first-order valence-corrected chi connectivity index (χ1v) is 12.1. The maximum absolute atomic E-state index is 13.6. The lowest BCUT2D eigenvalue weighted by Gasteiger charge is -2.16. The molecule has 7 nitrogen and oxygen atoms in total. The van der Waals surface area contributed by atoms with E-state index in [1.807, 2.05) is 6.92 Å². The van der Waals surface area contributed by atoms with Gasteiger partial charge in [-0.05, 0) is 60.0 Å². The third-order valence-corrected chi connectivity index (χ3v) is 6.87. The maximum Gasteiger partial charge on any atom is 0.342 e. The molecule has 3 rings (SSSR count). The SMILES string of the molecule is CCC(COC)OC(=O)c1ccc(CS(=O)(=O)c2cccc(-c3cc(F)ccc3O)c2)cc1O. The van der Waals surface area contributed by atoms with Gasteiger partial charge in [-0.15, -0.1) is 0 Å². The Morgan fingerprint density at radius 1 is 1.03 bits per heavy atom. The van der Waals surface area contributed by atoms with Gasteiger partial charge in [-0.25, -0.2) is 17.6 Å². The fourth-order valence-electron chi connectivity index (χ4n) is 3.37. The molecule has 0 aliphatic carbocycles. The van der Waals surface area contributed by atoms with Crippen LogP contribution in [0, 0.1) is 5.82 Å². The topological polar surface area (TPSA) is 110 Å². The molecule has 180 valence electrons. The Balaban J connectivity index is 1.82. The van der Waals surface area contributed by atoms with Gasteiger partial charge in [0, 0.05) is 12.7 Å². The smallest absolute Gasteiger partial charge is 0.342 e. The summed E-state index contributed by atoms with van der Waals surface area (Å²) in [7, 11) is -2.38. The summed E-state index contributed by atoms with van der Waals surface area (Å²) in [6.07, 6.45) is 0.0603. The summed E-state index contributed by atoms with van der Waals surface area (Å²) < 4.78 is 49.9. The molecule has 9 heteroatoms. The molecule has 0 aliphatic heterocycles. The summed E-state index contributed by atoms with van der Waals surface area (Å²) >= 11 is 0. The molecule has 0 spiro atoms. The van der Waals surface area contributed by atoms with Crippen LogP contribution < -0.4 is 0 Å². The molecule has 0 radical (unpaired) electrons. The van der Waals surface area contributed by atoms with E-state index < -0.39 is 39.2 Å². The number of methoxy groups -OCH3 is 1. The van der Waals surface area contributed by atoms with E-state index in [0.717, 1.165) is 12.1 Å². The van der Waals surface area contributed by atoms with Gasteiger partial charge in [0.15, 0.2) is 9.84 Å². The summed E-state index contributed by atoms with van der Waals surface area (Å²) in [6, 6.07) is 13.1. The average molecular weight is 489 g/mol. The van der Waals surface area contributed by atoms with E-state index in [0.29, 0.717) is 12.0 Å². The van der Waals surface area contributed by atoms with E-state index in [-0.39, 0.29) is 33.9 Å². The second-order valence-corrected chi connectivity index (χ2v) is 9.68. The first kappa shape index (κ1) is 25.2. The van der Waals surface area contributed by atoms with Crippen LogP contribution in [0.5, 0.6) is 11.5 Å². The van der Waals surface area contributed by atoms with Crippen molar-refractivity contribution in [3.8, 4) is 22.6 Å². The summed E-state index contributed by atoms with van der Waals surface area (Å²) in [5, 5.41) is 20.3. The monoisotopic (exact) mass is 488 g/mol. The van der Waals surface area contributed by atoms with E-state index in [2.05, 4.69) is 0 Å². The number of esters is 1. The molecule has 1 atom stereocenters. The molecular formula is C25H25FO7S. The van der Waals surface area contributed by atoms with Crippen LogP contribution in [0.3, 0.4) is 0 Å². The van der Waals surface area contributed by atoms with Crippen molar-refractivity contribution in [2.24, 2.45) is 0 Å². The molecule has 34 heavy (non-hydrogen) atoms. The van der Waals surface area contributed by atoms with Gasteiger partial charge in [0.05, 0.1) is 17.3 Å². The van der Waals surface area contributed by atoms with Crippen LogP contribution in [0.2, 0.25) is 0 Å². The molecular weight excluding hydrogens is 463 g/mol. The molecule has 3 aromatic rings. The molecule has 1 unspecified atom stereocenters. The first-order chi connectivity index (χ1) is 16.1. The highest BCUT2D eigenvalue weighted by atomic mass is 32.2. The van der Waals surface area contributed by atoms with Crippen molar-refractivity contribution in [1.82, 2.24) is 0 Å². The van der Waals surface area contributed by atoms with Crippen molar-refractivity contribution < 1.29 is 37.3 Å². The number of aromatic hydroxyl groups is 2. The Morgan fingerprint density at radius 2 is 1.79 bits per heavy atom. The first-order valence-electron chi connectivity index (χ1n) is 10.5. The van der Waals surface area contributed by atoms with Crippen molar-refractivity contribution in [1.29, 1.82) is 0 Å². The van der Waals surface area contributed by atoms with Crippen molar-refractivity contribution in [2.45, 2.75) is 30.1 Å². The van der Waals surface area contributed by atoms with Gasteiger partial charge >= 0.3 is 5.97 Å². The van der Waals surface area contributed by atoms with Gasteiger partial charge in [0.2, 0.25) is 0 Å². The second-order valence-electron chi connectivity index (χ2n) is 7.69. The van der Waals surface area contributed by atoms with Crippen molar-refractivity contribution in [3.63, 3.8) is 0 Å².